The number of furan rings is 1. The number of amides is 1. The molecule has 1 aromatic carbocycles. The van der Waals surface area contributed by atoms with Crippen LogP contribution >= 0.6 is 0 Å². The van der Waals surface area contributed by atoms with Crippen molar-refractivity contribution in [3.63, 3.8) is 0 Å². The Morgan fingerprint density at radius 2 is 1.97 bits per heavy atom. The first kappa shape index (κ1) is 21.1. The first-order chi connectivity index (χ1) is 14.1. The van der Waals surface area contributed by atoms with Gasteiger partial charge < -0.3 is 19.2 Å². The van der Waals surface area contributed by atoms with Crippen molar-refractivity contribution in [2.24, 2.45) is 0 Å². The molecule has 3 rings (SSSR count). The van der Waals surface area contributed by atoms with Gasteiger partial charge in [-0.15, -0.1) is 0 Å². The molecule has 1 amide bonds. The first-order valence-electron chi connectivity index (χ1n) is 10.4. The number of ether oxygens (including phenoxy) is 1. The van der Waals surface area contributed by atoms with E-state index >= 15 is 0 Å². The van der Waals surface area contributed by atoms with Gasteiger partial charge in [-0.1, -0.05) is 38.3 Å². The van der Waals surface area contributed by atoms with Crippen molar-refractivity contribution in [1.29, 1.82) is 0 Å². The highest BCUT2D eigenvalue weighted by Gasteiger charge is 2.32. The van der Waals surface area contributed by atoms with E-state index in [4.69, 9.17) is 14.3 Å². The number of carbonyl (C=O) groups is 2. The molecule has 0 unspecified atom stereocenters. The van der Waals surface area contributed by atoms with Gasteiger partial charge in [-0.05, 0) is 49.1 Å². The summed E-state index contributed by atoms with van der Waals surface area (Å²) in [4.78, 5) is 25.1. The zero-order valence-electron chi connectivity index (χ0n) is 16.9. The second-order valence-corrected chi connectivity index (χ2v) is 7.52. The van der Waals surface area contributed by atoms with Gasteiger partial charge in [-0.3, -0.25) is 4.79 Å². The van der Waals surface area contributed by atoms with Crippen molar-refractivity contribution >= 4 is 17.6 Å². The summed E-state index contributed by atoms with van der Waals surface area (Å²) in [7, 11) is 0. The molecule has 1 aromatic heterocycles. The average Bonchev–Trinajstić information content (AvgIpc) is 3.33. The van der Waals surface area contributed by atoms with E-state index in [-0.39, 0.29) is 24.3 Å². The minimum absolute atomic E-state index is 0.0215. The number of carbonyl (C=O) groups excluding carboxylic acids is 1. The van der Waals surface area contributed by atoms with Crippen molar-refractivity contribution in [3.8, 4) is 0 Å². The molecule has 0 spiro atoms. The minimum Gasteiger partial charge on any atom is -0.475 e. The molecule has 1 aliphatic heterocycles. The number of unbranched alkanes of at least 4 members (excludes halogenated alkanes) is 3. The highest BCUT2D eigenvalue weighted by atomic mass is 16.5. The van der Waals surface area contributed by atoms with E-state index < -0.39 is 5.97 Å². The van der Waals surface area contributed by atoms with Gasteiger partial charge in [0.25, 0.3) is 0 Å². The monoisotopic (exact) mass is 399 g/mol. The van der Waals surface area contributed by atoms with Crippen molar-refractivity contribution in [2.75, 3.05) is 11.5 Å². The molecule has 6 nitrogen and oxygen atoms in total. The largest absolute Gasteiger partial charge is 0.475 e. The van der Waals surface area contributed by atoms with Gasteiger partial charge in [-0.2, -0.15) is 0 Å². The molecule has 1 atom stereocenters. The molecule has 6 heteroatoms. The number of aryl methyl sites for hydroxylation is 1. The quantitative estimate of drug-likeness (QED) is 0.548. The SMILES string of the molecule is CCCCCCc1ccc(N2C(=O)CC[C@H]2COCc2ccc(C(=O)O)o2)cc1. The van der Waals surface area contributed by atoms with E-state index in [9.17, 15) is 9.59 Å². The molecule has 156 valence electrons. The van der Waals surface area contributed by atoms with E-state index in [1.807, 2.05) is 17.0 Å². The summed E-state index contributed by atoms with van der Waals surface area (Å²) in [5.41, 5.74) is 2.21. The maximum absolute atomic E-state index is 12.4. The second-order valence-electron chi connectivity index (χ2n) is 7.52. The van der Waals surface area contributed by atoms with E-state index in [1.54, 1.807) is 6.07 Å². The Morgan fingerprint density at radius 1 is 1.17 bits per heavy atom. The van der Waals surface area contributed by atoms with Crippen LogP contribution in [0.1, 0.15) is 67.3 Å². The maximum Gasteiger partial charge on any atom is 0.371 e. The standard InChI is InChI=1S/C23H29NO5/c1-2-3-4-5-6-17-7-9-18(10-8-17)24-19(11-14-22(24)25)15-28-16-20-12-13-21(29-20)23(26)27/h7-10,12-13,19H,2-6,11,14-16H2,1H3,(H,26,27)/t19-/m0/s1. The number of nitrogens with zero attached hydrogens (tertiary/aromatic N) is 1. The van der Waals surface area contributed by atoms with Crippen LogP contribution in [0.15, 0.2) is 40.8 Å². The van der Waals surface area contributed by atoms with E-state index in [1.165, 1.54) is 37.3 Å². The Kier molecular flexibility index (Phi) is 7.47. The number of anilines is 1. The van der Waals surface area contributed by atoms with Gasteiger partial charge >= 0.3 is 5.97 Å². The molecule has 0 aliphatic carbocycles. The van der Waals surface area contributed by atoms with Crippen molar-refractivity contribution in [1.82, 2.24) is 0 Å². The van der Waals surface area contributed by atoms with Gasteiger partial charge in [-0.25, -0.2) is 4.79 Å². The number of benzene rings is 1. The Morgan fingerprint density at radius 3 is 2.66 bits per heavy atom. The average molecular weight is 399 g/mol. The molecule has 2 heterocycles. The summed E-state index contributed by atoms with van der Waals surface area (Å²) in [5.74, 6) is -0.625. The molecule has 1 fully saturated rings. The molecule has 1 N–H and O–H groups in total. The molecule has 1 saturated heterocycles. The van der Waals surface area contributed by atoms with Gasteiger partial charge in [0.2, 0.25) is 11.7 Å². The lowest BCUT2D eigenvalue weighted by Crippen LogP contribution is -2.36. The lowest BCUT2D eigenvalue weighted by Gasteiger charge is -2.25. The summed E-state index contributed by atoms with van der Waals surface area (Å²) in [6.45, 7) is 2.78. The third-order valence-electron chi connectivity index (χ3n) is 5.29. The topological polar surface area (TPSA) is 80.0 Å². The summed E-state index contributed by atoms with van der Waals surface area (Å²) in [5, 5.41) is 8.90. The number of carboxylic acid groups (broad SMARTS) is 1. The van der Waals surface area contributed by atoms with Crippen molar-refractivity contribution in [3.05, 3.63) is 53.5 Å². The fraction of sp³-hybridized carbons (Fsp3) is 0.478. The number of rotatable bonds is 11. The Bertz CT molecular complexity index is 811. The van der Waals surface area contributed by atoms with Crippen LogP contribution in [0, 0.1) is 0 Å². The third-order valence-corrected chi connectivity index (χ3v) is 5.29. The van der Waals surface area contributed by atoms with Crippen LogP contribution in [0.3, 0.4) is 0 Å². The van der Waals surface area contributed by atoms with Gasteiger partial charge in [0.05, 0.1) is 12.6 Å². The first-order valence-corrected chi connectivity index (χ1v) is 10.4. The fourth-order valence-electron chi connectivity index (χ4n) is 3.70. The number of hydrogen-bond acceptors (Lipinski definition) is 4. The molecule has 0 radical (unpaired) electrons. The van der Waals surface area contributed by atoms with E-state index in [2.05, 4.69) is 19.1 Å². The van der Waals surface area contributed by atoms with Crippen LogP contribution in [0.25, 0.3) is 0 Å². The van der Waals surface area contributed by atoms with Crippen LogP contribution in [0.5, 0.6) is 0 Å². The highest BCUT2D eigenvalue weighted by molar-refractivity contribution is 5.96. The van der Waals surface area contributed by atoms with Crippen molar-refractivity contribution in [2.45, 2.75) is 64.5 Å². The van der Waals surface area contributed by atoms with Crippen LogP contribution in [0.2, 0.25) is 0 Å². The zero-order chi connectivity index (χ0) is 20.6. The summed E-state index contributed by atoms with van der Waals surface area (Å²) >= 11 is 0. The summed E-state index contributed by atoms with van der Waals surface area (Å²) in [6.07, 6.45) is 7.29. The molecule has 0 saturated carbocycles. The third kappa shape index (κ3) is 5.70. The van der Waals surface area contributed by atoms with Crippen LogP contribution in [-0.2, 0) is 22.6 Å². The van der Waals surface area contributed by atoms with E-state index in [0.29, 0.717) is 18.8 Å². The predicted octanol–water partition coefficient (Wildman–Crippen LogP) is 4.81. The Hall–Kier alpha value is -2.60. The number of hydrogen-bond donors (Lipinski definition) is 1. The highest BCUT2D eigenvalue weighted by Crippen LogP contribution is 2.27. The lowest BCUT2D eigenvalue weighted by atomic mass is 10.1. The smallest absolute Gasteiger partial charge is 0.371 e. The molecule has 1 aliphatic rings. The van der Waals surface area contributed by atoms with Crippen LogP contribution in [0.4, 0.5) is 5.69 Å². The molecule has 0 bridgehead atoms. The molecular weight excluding hydrogens is 370 g/mol. The maximum atomic E-state index is 12.4. The molecular formula is C23H29NO5. The van der Waals surface area contributed by atoms with Gasteiger partial charge in [0.1, 0.15) is 12.4 Å². The van der Waals surface area contributed by atoms with E-state index in [0.717, 1.165) is 18.5 Å². The predicted molar refractivity (Wildman–Crippen MR) is 110 cm³/mol. The second kappa shape index (κ2) is 10.3. The number of aromatic carboxylic acids is 1. The molecule has 2 aromatic rings. The normalized spacial score (nSPS) is 16.5. The zero-order valence-corrected chi connectivity index (χ0v) is 16.9. The van der Waals surface area contributed by atoms with Gasteiger partial charge in [0, 0.05) is 12.1 Å². The summed E-state index contributed by atoms with van der Waals surface area (Å²) in [6, 6.07) is 11.3. The van der Waals surface area contributed by atoms with Crippen LogP contribution in [-0.4, -0.2) is 29.6 Å². The van der Waals surface area contributed by atoms with Crippen LogP contribution < -0.4 is 4.90 Å². The molecule has 29 heavy (non-hydrogen) atoms. The van der Waals surface area contributed by atoms with Gasteiger partial charge in [0.15, 0.2) is 0 Å². The Balaban J connectivity index is 1.53. The fourth-order valence-corrected chi connectivity index (χ4v) is 3.70. The number of carboxylic acids is 1. The van der Waals surface area contributed by atoms with Crippen molar-refractivity contribution < 1.29 is 23.8 Å². The Labute approximate surface area is 171 Å². The lowest BCUT2D eigenvalue weighted by molar-refractivity contribution is -0.117. The summed E-state index contributed by atoms with van der Waals surface area (Å²) < 4.78 is 10.9. The minimum atomic E-state index is -1.10.